The summed E-state index contributed by atoms with van der Waals surface area (Å²) in [4.78, 5) is 28.8. The number of hydrogen-bond acceptors (Lipinski definition) is 6. The fourth-order valence-corrected chi connectivity index (χ4v) is 2.67. The smallest absolute Gasteiger partial charge is 0.327 e. The lowest BCUT2D eigenvalue weighted by Gasteiger charge is -2.12. The Morgan fingerprint density at radius 1 is 0.900 bits per heavy atom. The van der Waals surface area contributed by atoms with E-state index in [9.17, 15) is 9.59 Å². The van der Waals surface area contributed by atoms with Crippen LogP contribution < -0.4 is 24.8 Å². The first-order valence-corrected chi connectivity index (χ1v) is 9.10. The van der Waals surface area contributed by atoms with Gasteiger partial charge in [0.1, 0.15) is 34.4 Å². The quantitative estimate of drug-likeness (QED) is 0.600. The highest BCUT2D eigenvalue weighted by molar-refractivity contribution is 6.30. The molecule has 1 heterocycles. The van der Waals surface area contributed by atoms with Crippen LogP contribution in [0.4, 0.5) is 10.6 Å². The third kappa shape index (κ3) is 5.18. The number of amides is 3. The maximum Gasteiger partial charge on any atom is 0.327 e. The van der Waals surface area contributed by atoms with Gasteiger partial charge in [-0.3, -0.25) is 15.4 Å². The zero-order chi connectivity index (χ0) is 21.5. The molecule has 0 radical (unpaired) electrons. The molecule has 0 bridgehead atoms. The molecule has 8 nitrogen and oxygen atoms in total. The first-order chi connectivity index (χ1) is 14.5. The zero-order valence-electron chi connectivity index (χ0n) is 16.1. The summed E-state index contributed by atoms with van der Waals surface area (Å²) in [6, 6.07) is 14.1. The van der Waals surface area contributed by atoms with E-state index in [1.165, 1.54) is 20.4 Å². The van der Waals surface area contributed by atoms with Gasteiger partial charge < -0.3 is 14.2 Å². The van der Waals surface area contributed by atoms with Crippen molar-refractivity contribution in [3.05, 3.63) is 71.4 Å². The maximum atomic E-state index is 12.5. The largest absolute Gasteiger partial charge is 0.496 e. The van der Waals surface area contributed by atoms with Crippen molar-refractivity contribution in [1.82, 2.24) is 10.3 Å². The van der Waals surface area contributed by atoms with Gasteiger partial charge in [-0.15, -0.1) is 0 Å². The highest BCUT2D eigenvalue weighted by Crippen LogP contribution is 2.28. The molecule has 2 aromatic carbocycles. The Bertz CT molecular complexity index is 1020. The molecule has 0 fully saturated rings. The molecule has 0 unspecified atom stereocenters. The number of nitrogens with one attached hydrogen (secondary N) is 2. The van der Waals surface area contributed by atoms with Crippen molar-refractivity contribution in [3.63, 3.8) is 0 Å². The topological polar surface area (TPSA) is 98.8 Å². The van der Waals surface area contributed by atoms with Gasteiger partial charge in [0.2, 0.25) is 0 Å². The number of benzene rings is 2. The number of ether oxygens (including phenoxy) is 3. The number of nitrogens with zero attached hydrogens (tertiary/aromatic N) is 1. The predicted molar refractivity (Wildman–Crippen MR) is 112 cm³/mol. The Balaban J connectivity index is 1.62. The molecule has 1 aromatic heterocycles. The Hall–Kier alpha value is -3.78. The van der Waals surface area contributed by atoms with Crippen LogP contribution in [0, 0.1) is 0 Å². The first-order valence-electron chi connectivity index (χ1n) is 8.73. The van der Waals surface area contributed by atoms with Crippen LogP contribution >= 0.6 is 11.6 Å². The van der Waals surface area contributed by atoms with Crippen LogP contribution in [-0.2, 0) is 0 Å². The molecular formula is C21H18ClN3O5. The second-order valence-corrected chi connectivity index (χ2v) is 6.32. The van der Waals surface area contributed by atoms with E-state index in [2.05, 4.69) is 15.6 Å². The summed E-state index contributed by atoms with van der Waals surface area (Å²) in [5, 5.41) is 5.30. The highest BCUT2D eigenvalue weighted by Gasteiger charge is 2.20. The van der Waals surface area contributed by atoms with Gasteiger partial charge in [-0.05, 0) is 48.5 Å². The van der Waals surface area contributed by atoms with Crippen LogP contribution in [0.1, 0.15) is 10.4 Å². The van der Waals surface area contributed by atoms with Gasteiger partial charge in [-0.2, -0.15) is 0 Å². The number of pyridine rings is 1. The number of anilines is 1. The average molecular weight is 428 g/mol. The Kier molecular flexibility index (Phi) is 6.71. The SMILES string of the molecule is COc1cccc(OC)c1C(=O)NC(=O)Nc1ccc(Oc2ccc(Cl)cc2)cn1. The van der Waals surface area contributed by atoms with Crippen LogP contribution in [-0.4, -0.2) is 31.1 Å². The van der Waals surface area contributed by atoms with Crippen molar-refractivity contribution in [2.75, 3.05) is 19.5 Å². The van der Waals surface area contributed by atoms with Gasteiger partial charge in [0.25, 0.3) is 5.91 Å². The summed E-state index contributed by atoms with van der Waals surface area (Å²) >= 11 is 5.84. The van der Waals surface area contributed by atoms with E-state index in [0.29, 0.717) is 16.5 Å². The maximum absolute atomic E-state index is 12.5. The van der Waals surface area contributed by atoms with Crippen molar-refractivity contribution in [1.29, 1.82) is 0 Å². The molecule has 0 saturated heterocycles. The number of methoxy groups -OCH3 is 2. The van der Waals surface area contributed by atoms with Crippen molar-refractivity contribution < 1.29 is 23.8 Å². The molecule has 2 N–H and O–H groups in total. The average Bonchev–Trinajstić information content (AvgIpc) is 2.75. The van der Waals surface area contributed by atoms with E-state index < -0.39 is 11.9 Å². The Morgan fingerprint density at radius 2 is 1.53 bits per heavy atom. The van der Waals surface area contributed by atoms with E-state index in [0.717, 1.165) is 0 Å². The summed E-state index contributed by atoms with van der Waals surface area (Å²) in [7, 11) is 2.84. The molecule has 3 aromatic rings. The lowest BCUT2D eigenvalue weighted by Crippen LogP contribution is -2.35. The third-order valence-electron chi connectivity index (χ3n) is 3.91. The summed E-state index contributed by atoms with van der Waals surface area (Å²) in [6.07, 6.45) is 1.44. The zero-order valence-corrected chi connectivity index (χ0v) is 16.9. The predicted octanol–water partition coefficient (Wildman–Crippen LogP) is 4.51. The fourth-order valence-electron chi connectivity index (χ4n) is 2.54. The first kappa shape index (κ1) is 20.9. The van der Waals surface area contributed by atoms with Crippen molar-refractivity contribution in [2.45, 2.75) is 0 Å². The molecule has 0 aliphatic carbocycles. The number of imide groups is 1. The second kappa shape index (κ2) is 9.62. The van der Waals surface area contributed by atoms with Gasteiger partial charge in [0, 0.05) is 5.02 Å². The van der Waals surface area contributed by atoms with Crippen LogP contribution in [0.5, 0.6) is 23.0 Å². The molecule has 3 amide bonds. The molecule has 3 rings (SSSR count). The number of carbonyl (C=O) groups is 2. The number of hydrogen-bond donors (Lipinski definition) is 2. The highest BCUT2D eigenvalue weighted by atomic mass is 35.5. The van der Waals surface area contributed by atoms with E-state index in [1.807, 2.05) is 0 Å². The lowest BCUT2D eigenvalue weighted by molar-refractivity contribution is 0.0961. The van der Waals surface area contributed by atoms with Crippen LogP contribution in [0.2, 0.25) is 5.02 Å². The minimum absolute atomic E-state index is 0.109. The van der Waals surface area contributed by atoms with Gasteiger partial charge in [0.15, 0.2) is 0 Å². The standard InChI is InChI=1S/C21H18ClN3O5/c1-28-16-4-3-5-17(29-2)19(16)20(26)25-21(27)24-18-11-10-15(12-23-18)30-14-8-6-13(22)7-9-14/h3-12H,1-2H3,(H2,23,24,25,26,27). The molecule has 0 aliphatic rings. The third-order valence-corrected chi connectivity index (χ3v) is 4.16. The number of carbonyl (C=O) groups excluding carboxylic acids is 2. The van der Waals surface area contributed by atoms with Gasteiger partial charge >= 0.3 is 6.03 Å². The Labute approximate surface area is 177 Å². The van der Waals surface area contributed by atoms with E-state index in [-0.39, 0.29) is 22.9 Å². The lowest BCUT2D eigenvalue weighted by atomic mass is 10.1. The van der Waals surface area contributed by atoms with Crippen molar-refractivity contribution >= 4 is 29.4 Å². The van der Waals surface area contributed by atoms with Gasteiger partial charge in [-0.25, -0.2) is 9.78 Å². The molecule has 0 spiro atoms. The molecule has 154 valence electrons. The van der Waals surface area contributed by atoms with Crippen LogP contribution in [0.3, 0.4) is 0 Å². The van der Waals surface area contributed by atoms with Crippen LogP contribution in [0.25, 0.3) is 0 Å². The van der Waals surface area contributed by atoms with E-state index >= 15 is 0 Å². The monoisotopic (exact) mass is 427 g/mol. The summed E-state index contributed by atoms with van der Waals surface area (Å²) in [6.45, 7) is 0. The molecular weight excluding hydrogens is 410 g/mol. The molecule has 0 saturated carbocycles. The fraction of sp³-hybridized carbons (Fsp3) is 0.0952. The summed E-state index contributed by atoms with van der Waals surface area (Å²) < 4.78 is 16.0. The number of rotatable bonds is 6. The summed E-state index contributed by atoms with van der Waals surface area (Å²) in [5.41, 5.74) is 0.109. The van der Waals surface area contributed by atoms with E-state index in [4.69, 9.17) is 25.8 Å². The molecule has 30 heavy (non-hydrogen) atoms. The number of aromatic nitrogens is 1. The van der Waals surface area contributed by atoms with Crippen molar-refractivity contribution in [3.8, 4) is 23.0 Å². The van der Waals surface area contributed by atoms with E-state index in [1.54, 1.807) is 54.6 Å². The van der Waals surface area contributed by atoms with Gasteiger partial charge in [-0.1, -0.05) is 17.7 Å². The molecule has 9 heteroatoms. The minimum atomic E-state index is -0.758. The molecule has 0 atom stereocenters. The number of halogens is 1. The summed E-state index contributed by atoms with van der Waals surface area (Å²) in [5.74, 6) is 1.18. The molecule has 0 aliphatic heterocycles. The number of urea groups is 1. The normalized spacial score (nSPS) is 10.1. The Morgan fingerprint density at radius 3 is 2.10 bits per heavy atom. The van der Waals surface area contributed by atoms with Gasteiger partial charge in [0.05, 0.1) is 20.4 Å². The minimum Gasteiger partial charge on any atom is -0.496 e. The second-order valence-electron chi connectivity index (χ2n) is 5.88. The van der Waals surface area contributed by atoms with Crippen molar-refractivity contribution in [2.24, 2.45) is 0 Å². The van der Waals surface area contributed by atoms with Crippen LogP contribution in [0.15, 0.2) is 60.8 Å².